The van der Waals surface area contributed by atoms with Gasteiger partial charge in [-0.25, -0.2) is 0 Å². The third kappa shape index (κ3) is 2.92. The standard InChI is InChI=1S/C27H25N/c1-4-27(23-15-9-6-10-16-23,20-19-22-13-7-5-8-14-22)26-21(2)28(3)25-18-12-11-17-24(25)26/h5-18H,4H2,1-3H3. The monoisotopic (exact) mass is 363 g/mol. The van der Waals surface area contributed by atoms with Gasteiger partial charge in [-0.2, -0.15) is 0 Å². The number of aromatic nitrogens is 1. The van der Waals surface area contributed by atoms with Gasteiger partial charge >= 0.3 is 0 Å². The normalized spacial score (nSPS) is 13.0. The van der Waals surface area contributed by atoms with E-state index in [1.165, 1.54) is 27.7 Å². The fraction of sp³-hybridized carbons (Fsp3) is 0.185. The lowest BCUT2D eigenvalue weighted by molar-refractivity contribution is 0.637. The number of aryl methyl sites for hydroxylation is 1. The first-order chi connectivity index (χ1) is 13.7. The van der Waals surface area contributed by atoms with E-state index in [1.807, 2.05) is 18.2 Å². The summed E-state index contributed by atoms with van der Waals surface area (Å²) >= 11 is 0. The van der Waals surface area contributed by atoms with Crippen molar-refractivity contribution in [2.24, 2.45) is 7.05 Å². The van der Waals surface area contributed by atoms with Crippen LogP contribution in [0, 0.1) is 18.8 Å². The summed E-state index contributed by atoms with van der Waals surface area (Å²) in [4.78, 5) is 0. The molecule has 4 rings (SSSR count). The molecule has 3 aromatic carbocycles. The summed E-state index contributed by atoms with van der Waals surface area (Å²) in [5.41, 5.74) is 5.79. The Kier molecular flexibility index (Phi) is 4.80. The van der Waals surface area contributed by atoms with Gasteiger partial charge in [0.2, 0.25) is 0 Å². The third-order valence-corrected chi connectivity index (χ3v) is 5.82. The Labute approximate surface area is 167 Å². The molecule has 0 bridgehead atoms. The van der Waals surface area contributed by atoms with Gasteiger partial charge in [0.25, 0.3) is 0 Å². The Morgan fingerprint density at radius 2 is 1.43 bits per heavy atom. The highest BCUT2D eigenvalue weighted by Gasteiger charge is 2.35. The van der Waals surface area contributed by atoms with Crippen LogP contribution in [-0.4, -0.2) is 4.57 Å². The second-order valence-corrected chi connectivity index (χ2v) is 7.28. The number of rotatable bonds is 3. The van der Waals surface area contributed by atoms with Crippen molar-refractivity contribution in [3.05, 3.63) is 107 Å². The van der Waals surface area contributed by atoms with Gasteiger partial charge in [0.1, 0.15) is 0 Å². The topological polar surface area (TPSA) is 4.93 Å². The lowest BCUT2D eigenvalue weighted by Gasteiger charge is -2.29. The van der Waals surface area contributed by atoms with Crippen molar-refractivity contribution >= 4 is 10.9 Å². The van der Waals surface area contributed by atoms with E-state index in [1.54, 1.807) is 0 Å². The van der Waals surface area contributed by atoms with E-state index in [-0.39, 0.29) is 5.41 Å². The summed E-state index contributed by atoms with van der Waals surface area (Å²) < 4.78 is 2.29. The molecule has 0 saturated carbocycles. The summed E-state index contributed by atoms with van der Waals surface area (Å²) in [6.45, 7) is 4.46. The summed E-state index contributed by atoms with van der Waals surface area (Å²) in [5.74, 6) is 7.19. The highest BCUT2D eigenvalue weighted by atomic mass is 14.9. The van der Waals surface area contributed by atoms with Gasteiger partial charge in [0.05, 0.1) is 5.41 Å². The van der Waals surface area contributed by atoms with Crippen LogP contribution in [0.15, 0.2) is 84.9 Å². The maximum Gasteiger partial charge on any atom is 0.0836 e. The SMILES string of the molecule is CCC(C#Cc1ccccc1)(c1ccccc1)c1c(C)n(C)c2ccccc12. The Morgan fingerprint density at radius 3 is 2.11 bits per heavy atom. The van der Waals surface area contributed by atoms with Crippen molar-refractivity contribution in [3.8, 4) is 11.8 Å². The Bertz CT molecular complexity index is 1160. The molecule has 0 aliphatic carbocycles. The summed E-state index contributed by atoms with van der Waals surface area (Å²) in [6.07, 6.45) is 0.908. The predicted molar refractivity (Wildman–Crippen MR) is 118 cm³/mol. The zero-order chi connectivity index (χ0) is 19.6. The Balaban J connectivity index is 2.05. The number of nitrogens with zero attached hydrogens (tertiary/aromatic N) is 1. The van der Waals surface area contributed by atoms with Crippen LogP contribution < -0.4 is 0 Å². The molecule has 0 aliphatic rings. The minimum absolute atomic E-state index is 0.359. The number of benzene rings is 3. The molecule has 1 heterocycles. The van der Waals surface area contributed by atoms with Gasteiger partial charge in [-0.15, -0.1) is 0 Å². The molecule has 0 radical (unpaired) electrons. The lowest BCUT2D eigenvalue weighted by Crippen LogP contribution is -2.26. The van der Waals surface area contributed by atoms with E-state index in [9.17, 15) is 0 Å². The smallest absolute Gasteiger partial charge is 0.0836 e. The number of hydrogen-bond donors (Lipinski definition) is 0. The van der Waals surface area contributed by atoms with Crippen molar-refractivity contribution < 1.29 is 0 Å². The molecule has 138 valence electrons. The molecule has 28 heavy (non-hydrogen) atoms. The number of fused-ring (bicyclic) bond motifs is 1. The molecule has 0 saturated heterocycles. The van der Waals surface area contributed by atoms with Gasteiger partial charge in [-0.05, 0) is 37.1 Å². The first kappa shape index (κ1) is 18.1. The van der Waals surface area contributed by atoms with Crippen LogP contribution in [0.3, 0.4) is 0 Å². The summed E-state index contributed by atoms with van der Waals surface area (Å²) in [6, 6.07) is 29.7. The fourth-order valence-electron chi connectivity index (χ4n) is 4.23. The summed E-state index contributed by atoms with van der Waals surface area (Å²) in [5, 5.41) is 1.29. The van der Waals surface area contributed by atoms with Crippen LogP contribution in [0.2, 0.25) is 0 Å². The molecule has 0 aliphatic heterocycles. The van der Waals surface area contributed by atoms with Crippen molar-refractivity contribution in [3.63, 3.8) is 0 Å². The second kappa shape index (κ2) is 7.41. The molecule has 1 atom stereocenters. The van der Waals surface area contributed by atoms with E-state index in [4.69, 9.17) is 0 Å². The Morgan fingerprint density at radius 1 is 0.821 bits per heavy atom. The van der Waals surface area contributed by atoms with E-state index in [2.05, 4.69) is 104 Å². The summed E-state index contributed by atoms with van der Waals surface area (Å²) in [7, 11) is 2.15. The number of para-hydroxylation sites is 1. The molecule has 1 unspecified atom stereocenters. The zero-order valence-corrected chi connectivity index (χ0v) is 16.7. The molecule has 0 amide bonds. The third-order valence-electron chi connectivity index (χ3n) is 5.82. The van der Waals surface area contributed by atoms with E-state index < -0.39 is 0 Å². The minimum Gasteiger partial charge on any atom is -0.348 e. The molecular weight excluding hydrogens is 338 g/mol. The molecule has 0 spiro atoms. The second-order valence-electron chi connectivity index (χ2n) is 7.28. The van der Waals surface area contributed by atoms with Crippen molar-refractivity contribution in [2.75, 3.05) is 0 Å². The molecule has 1 nitrogen and oxygen atoms in total. The van der Waals surface area contributed by atoms with Crippen LogP contribution in [-0.2, 0) is 12.5 Å². The van der Waals surface area contributed by atoms with Gasteiger partial charge < -0.3 is 4.57 Å². The maximum absolute atomic E-state index is 3.71. The van der Waals surface area contributed by atoms with Crippen LogP contribution in [0.1, 0.15) is 35.7 Å². The average molecular weight is 364 g/mol. The maximum atomic E-state index is 3.71. The van der Waals surface area contributed by atoms with Crippen LogP contribution in [0.4, 0.5) is 0 Å². The first-order valence-corrected chi connectivity index (χ1v) is 9.85. The molecule has 4 aromatic rings. The quantitative estimate of drug-likeness (QED) is 0.380. The van der Waals surface area contributed by atoms with Crippen molar-refractivity contribution in [2.45, 2.75) is 25.7 Å². The van der Waals surface area contributed by atoms with E-state index in [0.29, 0.717) is 0 Å². The first-order valence-electron chi connectivity index (χ1n) is 9.85. The van der Waals surface area contributed by atoms with Crippen LogP contribution >= 0.6 is 0 Å². The number of hydrogen-bond acceptors (Lipinski definition) is 0. The van der Waals surface area contributed by atoms with Crippen LogP contribution in [0.25, 0.3) is 10.9 Å². The van der Waals surface area contributed by atoms with Crippen molar-refractivity contribution in [1.82, 2.24) is 4.57 Å². The van der Waals surface area contributed by atoms with Gasteiger partial charge in [0, 0.05) is 34.8 Å². The molecular formula is C27H25N. The largest absolute Gasteiger partial charge is 0.348 e. The van der Waals surface area contributed by atoms with E-state index in [0.717, 1.165) is 12.0 Å². The van der Waals surface area contributed by atoms with Crippen LogP contribution in [0.5, 0.6) is 0 Å². The molecule has 0 fully saturated rings. The highest BCUT2D eigenvalue weighted by Crippen LogP contribution is 2.42. The van der Waals surface area contributed by atoms with Gasteiger partial charge in [-0.1, -0.05) is 85.5 Å². The molecule has 1 heteroatoms. The highest BCUT2D eigenvalue weighted by molar-refractivity contribution is 5.88. The molecule has 0 N–H and O–H groups in total. The lowest BCUT2D eigenvalue weighted by atomic mass is 9.71. The molecule has 1 aromatic heterocycles. The average Bonchev–Trinajstić information content (AvgIpc) is 3.02. The van der Waals surface area contributed by atoms with Gasteiger partial charge in [-0.3, -0.25) is 0 Å². The predicted octanol–water partition coefficient (Wildman–Crippen LogP) is 6.23. The van der Waals surface area contributed by atoms with E-state index >= 15 is 0 Å². The Hall–Kier alpha value is -3.24. The fourth-order valence-corrected chi connectivity index (χ4v) is 4.23. The minimum atomic E-state index is -0.359. The van der Waals surface area contributed by atoms with Gasteiger partial charge in [0.15, 0.2) is 0 Å². The van der Waals surface area contributed by atoms with Crippen molar-refractivity contribution in [1.29, 1.82) is 0 Å². The zero-order valence-electron chi connectivity index (χ0n) is 16.7.